The van der Waals surface area contributed by atoms with Gasteiger partial charge in [-0.05, 0) is 25.2 Å². The van der Waals surface area contributed by atoms with E-state index in [4.69, 9.17) is 4.74 Å². The van der Waals surface area contributed by atoms with E-state index in [1.165, 1.54) is 12.8 Å². The van der Waals surface area contributed by atoms with Crippen molar-refractivity contribution in [1.82, 2.24) is 0 Å². The molecular formula is C14H26O2. The van der Waals surface area contributed by atoms with Crippen molar-refractivity contribution in [2.75, 3.05) is 6.61 Å². The Balaban J connectivity index is 4.13. The fourth-order valence-corrected chi connectivity index (χ4v) is 1.55. The van der Waals surface area contributed by atoms with Gasteiger partial charge in [0.25, 0.3) is 0 Å². The molecule has 0 heterocycles. The molecule has 1 unspecified atom stereocenters. The molecule has 0 aliphatic carbocycles. The van der Waals surface area contributed by atoms with Gasteiger partial charge in [-0.15, -0.1) is 0 Å². The van der Waals surface area contributed by atoms with Crippen LogP contribution in [0.1, 0.15) is 53.4 Å². The second-order valence-electron chi connectivity index (χ2n) is 4.54. The molecule has 0 aliphatic rings. The molecule has 0 spiro atoms. The van der Waals surface area contributed by atoms with E-state index in [9.17, 15) is 4.79 Å². The Hall–Kier alpha value is -0.790. The van der Waals surface area contributed by atoms with Crippen molar-refractivity contribution in [3.05, 3.63) is 12.2 Å². The van der Waals surface area contributed by atoms with E-state index in [0.717, 1.165) is 6.42 Å². The summed E-state index contributed by atoms with van der Waals surface area (Å²) in [6.07, 6.45) is 8.31. The molecule has 0 bridgehead atoms. The normalized spacial score (nSPS) is 13.3. The first-order chi connectivity index (χ1) is 7.60. The summed E-state index contributed by atoms with van der Waals surface area (Å²) in [5.41, 5.74) is 0. The zero-order chi connectivity index (χ0) is 12.4. The van der Waals surface area contributed by atoms with Crippen LogP contribution < -0.4 is 0 Å². The topological polar surface area (TPSA) is 26.3 Å². The van der Waals surface area contributed by atoms with Crippen LogP contribution in [-0.2, 0) is 9.53 Å². The van der Waals surface area contributed by atoms with Gasteiger partial charge in [-0.1, -0.05) is 45.8 Å². The van der Waals surface area contributed by atoms with Crippen LogP contribution in [-0.4, -0.2) is 12.6 Å². The van der Waals surface area contributed by atoms with Crippen molar-refractivity contribution in [2.24, 2.45) is 11.8 Å². The zero-order valence-corrected chi connectivity index (χ0v) is 11.2. The minimum atomic E-state index is -0.0722. The zero-order valence-electron chi connectivity index (χ0n) is 11.2. The maximum absolute atomic E-state index is 11.4. The fraction of sp³-hybridized carbons (Fsp3) is 0.786. The highest BCUT2D eigenvalue weighted by molar-refractivity contribution is 5.69. The van der Waals surface area contributed by atoms with E-state index < -0.39 is 0 Å². The lowest BCUT2D eigenvalue weighted by atomic mass is 9.96. The molecule has 0 aromatic heterocycles. The average Bonchev–Trinajstić information content (AvgIpc) is 2.22. The highest BCUT2D eigenvalue weighted by atomic mass is 16.5. The molecule has 0 saturated heterocycles. The van der Waals surface area contributed by atoms with Crippen molar-refractivity contribution in [3.63, 3.8) is 0 Å². The molecule has 0 saturated carbocycles. The third kappa shape index (κ3) is 8.51. The maximum atomic E-state index is 11.4. The third-order valence-corrected chi connectivity index (χ3v) is 2.43. The SMILES string of the molecule is CCCCC(/C=C/C(C)C)CC(=O)OCC. The predicted molar refractivity (Wildman–Crippen MR) is 68.2 cm³/mol. The quantitative estimate of drug-likeness (QED) is 0.462. The monoisotopic (exact) mass is 226 g/mol. The van der Waals surface area contributed by atoms with Gasteiger partial charge in [-0.25, -0.2) is 0 Å². The molecule has 2 heteroatoms. The summed E-state index contributed by atoms with van der Waals surface area (Å²) < 4.78 is 4.99. The lowest BCUT2D eigenvalue weighted by Gasteiger charge is -2.11. The number of carbonyl (C=O) groups excluding carboxylic acids is 1. The minimum Gasteiger partial charge on any atom is -0.466 e. The molecule has 0 amide bonds. The molecule has 0 rings (SSSR count). The van der Waals surface area contributed by atoms with Crippen molar-refractivity contribution in [1.29, 1.82) is 0 Å². The van der Waals surface area contributed by atoms with E-state index in [-0.39, 0.29) is 5.97 Å². The van der Waals surface area contributed by atoms with Gasteiger partial charge < -0.3 is 4.74 Å². The summed E-state index contributed by atoms with van der Waals surface area (Å²) in [6, 6.07) is 0. The van der Waals surface area contributed by atoms with Crippen LogP contribution in [0, 0.1) is 11.8 Å². The smallest absolute Gasteiger partial charge is 0.306 e. The lowest BCUT2D eigenvalue weighted by Crippen LogP contribution is -2.10. The van der Waals surface area contributed by atoms with Gasteiger partial charge in [0.2, 0.25) is 0 Å². The van der Waals surface area contributed by atoms with E-state index in [2.05, 4.69) is 32.9 Å². The first-order valence-corrected chi connectivity index (χ1v) is 6.44. The number of carbonyl (C=O) groups is 1. The second kappa shape index (κ2) is 9.44. The van der Waals surface area contributed by atoms with Crippen LogP contribution in [0.25, 0.3) is 0 Å². The van der Waals surface area contributed by atoms with Gasteiger partial charge in [-0.3, -0.25) is 4.79 Å². The largest absolute Gasteiger partial charge is 0.466 e. The van der Waals surface area contributed by atoms with Crippen LogP contribution in [0.4, 0.5) is 0 Å². The van der Waals surface area contributed by atoms with Crippen molar-refractivity contribution in [2.45, 2.75) is 53.4 Å². The van der Waals surface area contributed by atoms with Crippen molar-refractivity contribution < 1.29 is 9.53 Å². The van der Waals surface area contributed by atoms with Crippen LogP contribution >= 0.6 is 0 Å². The predicted octanol–water partition coefficient (Wildman–Crippen LogP) is 3.96. The summed E-state index contributed by atoms with van der Waals surface area (Å²) in [4.78, 5) is 11.4. The average molecular weight is 226 g/mol. The van der Waals surface area contributed by atoms with Crippen molar-refractivity contribution in [3.8, 4) is 0 Å². The molecule has 94 valence electrons. The maximum Gasteiger partial charge on any atom is 0.306 e. The number of hydrogen-bond donors (Lipinski definition) is 0. The number of esters is 1. The summed E-state index contributed by atoms with van der Waals surface area (Å²) in [5, 5.41) is 0. The first-order valence-electron chi connectivity index (χ1n) is 6.44. The molecule has 0 N–H and O–H groups in total. The second-order valence-corrected chi connectivity index (χ2v) is 4.54. The number of hydrogen-bond acceptors (Lipinski definition) is 2. The first kappa shape index (κ1) is 15.2. The van der Waals surface area contributed by atoms with Crippen LogP contribution in [0.5, 0.6) is 0 Å². The molecule has 0 aromatic carbocycles. The molecule has 0 radical (unpaired) electrons. The summed E-state index contributed by atoms with van der Waals surface area (Å²) in [7, 11) is 0. The summed E-state index contributed by atoms with van der Waals surface area (Å²) >= 11 is 0. The highest BCUT2D eigenvalue weighted by Crippen LogP contribution is 2.16. The van der Waals surface area contributed by atoms with E-state index in [1.807, 2.05) is 6.92 Å². The summed E-state index contributed by atoms with van der Waals surface area (Å²) in [5.74, 6) is 0.824. The molecule has 1 atom stereocenters. The number of ether oxygens (including phenoxy) is 1. The van der Waals surface area contributed by atoms with Crippen LogP contribution in [0.15, 0.2) is 12.2 Å². The Morgan fingerprint density at radius 2 is 1.94 bits per heavy atom. The van der Waals surface area contributed by atoms with Crippen LogP contribution in [0.3, 0.4) is 0 Å². The standard InChI is InChI=1S/C14H26O2/c1-5-7-8-13(10-9-12(3)4)11-14(15)16-6-2/h9-10,12-13H,5-8,11H2,1-4H3/b10-9+. The molecule has 0 fully saturated rings. The molecule has 2 nitrogen and oxygen atoms in total. The molecule has 0 aliphatic heterocycles. The molecule has 16 heavy (non-hydrogen) atoms. The van der Waals surface area contributed by atoms with Gasteiger partial charge in [0, 0.05) is 0 Å². The number of unbranched alkanes of at least 4 members (excludes halogenated alkanes) is 1. The van der Waals surface area contributed by atoms with E-state index in [1.54, 1.807) is 0 Å². The summed E-state index contributed by atoms with van der Waals surface area (Å²) in [6.45, 7) is 8.80. The Morgan fingerprint density at radius 1 is 1.25 bits per heavy atom. The number of allylic oxidation sites excluding steroid dienone is 2. The van der Waals surface area contributed by atoms with Gasteiger partial charge in [0.1, 0.15) is 0 Å². The van der Waals surface area contributed by atoms with Gasteiger partial charge in [0.05, 0.1) is 13.0 Å². The Morgan fingerprint density at radius 3 is 2.44 bits per heavy atom. The van der Waals surface area contributed by atoms with Crippen LogP contribution in [0.2, 0.25) is 0 Å². The van der Waals surface area contributed by atoms with Gasteiger partial charge in [-0.2, -0.15) is 0 Å². The van der Waals surface area contributed by atoms with E-state index >= 15 is 0 Å². The van der Waals surface area contributed by atoms with Crippen molar-refractivity contribution >= 4 is 5.97 Å². The molecular weight excluding hydrogens is 200 g/mol. The number of rotatable bonds is 8. The lowest BCUT2D eigenvalue weighted by molar-refractivity contribution is -0.143. The minimum absolute atomic E-state index is 0.0722. The highest BCUT2D eigenvalue weighted by Gasteiger charge is 2.11. The molecule has 0 aromatic rings. The third-order valence-electron chi connectivity index (χ3n) is 2.43. The van der Waals surface area contributed by atoms with E-state index in [0.29, 0.717) is 24.9 Å². The Bertz CT molecular complexity index is 207. The Labute approximate surface area is 100 Å². The fourth-order valence-electron chi connectivity index (χ4n) is 1.55. The Kier molecular flexibility index (Phi) is 8.97. The van der Waals surface area contributed by atoms with Gasteiger partial charge >= 0.3 is 5.97 Å². The van der Waals surface area contributed by atoms with Gasteiger partial charge in [0.15, 0.2) is 0 Å².